The maximum Gasteiger partial charge on any atom is 0.149 e. The fourth-order valence-electron chi connectivity index (χ4n) is 8.68. The molecule has 7 aromatic carbocycles. The van der Waals surface area contributed by atoms with Gasteiger partial charge in [0.05, 0.1) is 28.0 Å². The van der Waals surface area contributed by atoms with Gasteiger partial charge in [-0.05, 0) is 134 Å². The van der Waals surface area contributed by atoms with Crippen LogP contribution in [-0.4, -0.2) is 19.6 Å². The first kappa shape index (κ1) is 37.7. The van der Waals surface area contributed by atoms with Crippen LogP contribution in [0.3, 0.4) is 0 Å². The first-order valence-corrected chi connectivity index (χ1v) is 21.9. The number of fused-ring (bicyclic) bond motifs is 1. The van der Waals surface area contributed by atoms with Crippen LogP contribution in [0.4, 0.5) is 0 Å². The van der Waals surface area contributed by atoms with Gasteiger partial charge in [-0.25, -0.2) is 4.98 Å². The molecule has 0 aliphatic heterocycles. The van der Waals surface area contributed by atoms with Gasteiger partial charge in [0.1, 0.15) is 11.6 Å². The minimum Gasteiger partial charge on any atom is -0.507 e. The summed E-state index contributed by atoms with van der Waals surface area (Å²) in [6.45, 7) is 13.2. The first-order valence-electron chi connectivity index (χ1n) is 23.4. The van der Waals surface area contributed by atoms with Crippen molar-refractivity contribution in [3.05, 3.63) is 192 Å². The van der Waals surface area contributed by atoms with E-state index in [1.807, 2.05) is 36.5 Å². The molecule has 9 rings (SSSR count). The Morgan fingerprint density at radius 1 is 0.556 bits per heavy atom. The monoisotopic (exact) mass is 824 g/mol. The van der Waals surface area contributed by atoms with E-state index in [0.29, 0.717) is 17.0 Å². The molecule has 0 fully saturated rings. The number of para-hydroxylation sites is 1. The molecule has 2 heterocycles. The van der Waals surface area contributed by atoms with Gasteiger partial charge in [-0.2, -0.15) is 0 Å². The highest BCUT2D eigenvalue weighted by Crippen LogP contribution is 2.45. The molecule has 9 aromatic rings. The van der Waals surface area contributed by atoms with Gasteiger partial charge in [-0.3, -0.25) is 9.55 Å². The van der Waals surface area contributed by atoms with Crippen LogP contribution in [0.5, 0.6) is 5.75 Å². The van der Waals surface area contributed by atoms with Gasteiger partial charge in [-0.1, -0.05) is 163 Å². The number of hydrogen-bond acceptors (Lipinski definition) is 3. The van der Waals surface area contributed by atoms with Crippen molar-refractivity contribution in [3.63, 3.8) is 0 Å². The highest BCUT2D eigenvalue weighted by molar-refractivity contribution is 5.98. The molecule has 0 amide bonds. The molecule has 0 saturated heterocycles. The zero-order chi connectivity index (χ0) is 46.5. The molecule has 0 radical (unpaired) electrons. The average Bonchev–Trinajstić information content (AvgIpc) is 3.70. The van der Waals surface area contributed by atoms with Crippen LogP contribution in [0.15, 0.2) is 170 Å². The van der Waals surface area contributed by atoms with Crippen molar-refractivity contribution in [2.24, 2.45) is 0 Å². The summed E-state index contributed by atoms with van der Waals surface area (Å²) in [5, 5.41) is 12.3. The van der Waals surface area contributed by atoms with Crippen LogP contribution in [0.1, 0.15) is 86.7 Å². The Bertz CT molecular complexity index is 3210. The summed E-state index contributed by atoms with van der Waals surface area (Å²) in [6.07, 6.45) is 1.81. The molecule has 4 heteroatoms. The van der Waals surface area contributed by atoms with Gasteiger partial charge in [0.25, 0.3) is 0 Å². The van der Waals surface area contributed by atoms with Gasteiger partial charge in [0.15, 0.2) is 0 Å². The number of phenols is 1. The summed E-state index contributed by atoms with van der Waals surface area (Å²) >= 11 is 0. The second kappa shape index (κ2) is 16.7. The number of pyridine rings is 1. The normalized spacial score (nSPS) is 12.7. The number of aryl methyl sites for hydroxylation is 1. The third-order valence-corrected chi connectivity index (χ3v) is 12.2. The molecule has 0 aliphatic carbocycles. The van der Waals surface area contributed by atoms with Gasteiger partial charge < -0.3 is 5.11 Å². The Morgan fingerprint density at radius 2 is 1.19 bits per heavy atom. The second-order valence-electron chi connectivity index (χ2n) is 18.3. The third kappa shape index (κ3) is 8.10. The number of benzene rings is 7. The minimum atomic E-state index is -2.17. The minimum absolute atomic E-state index is 0.0888. The van der Waals surface area contributed by atoms with Gasteiger partial charge in [-0.15, -0.1) is 0 Å². The number of rotatable bonds is 9. The molecule has 63 heavy (non-hydrogen) atoms. The number of aromatic nitrogens is 3. The molecule has 0 unspecified atom stereocenters. The van der Waals surface area contributed by atoms with Crippen LogP contribution in [0, 0.1) is 6.85 Å². The first-order chi connectivity index (χ1) is 31.5. The molecule has 4 nitrogen and oxygen atoms in total. The lowest BCUT2D eigenvalue weighted by molar-refractivity contribution is 0.466. The molecular formula is C59H55N3O. The zero-order valence-corrected chi connectivity index (χ0v) is 37.1. The van der Waals surface area contributed by atoms with Crippen molar-refractivity contribution in [2.75, 3.05) is 0 Å². The summed E-state index contributed by atoms with van der Waals surface area (Å²) in [6, 6.07) is 56.0. The van der Waals surface area contributed by atoms with E-state index in [0.717, 1.165) is 89.2 Å². The Hall–Kier alpha value is -7.04. The molecular weight excluding hydrogens is 767 g/mol. The summed E-state index contributed by atoms with van der Waals surface area (Å²) in [7, 11) is 0. The van der Waals surface area contributed by atoms with Crippen LogP contribution < -0.4 is 0 Å². The lowest BCUT2D eigenvalue weighted by Crippen LogP contribution is -2.16. The summed E-state index contributed by atoms with van der Waals surface area (Å²) in [5.41, 5.74) is 16.6. The maximum absolute atomic E-state index is 12.3. The number of nitrogens with zero attached hydrogens (tertiary/aromatic N) is 3. The van der Waals surface area contributed by atoms with Gasteiger partial charge >= 0.3 is 0 Å². The zero-order valence-electron chi connectivity index (χ0n) is 40.1. The summed E-state index contributed by atoms with van der Waals surface area (Å²) in [5.74, 6) is 1.24. The predicted octanol–water partition coefficient (Wildman–Crippen LogP) is 16.0. The van der Waals surface area contributed by atoms with Crippen molar-refractivity contribution in [1.29, 1.82) is 0 Å². The predicted molar refractivity (Wildman–Crippen MR) is 265 cm³/mol. The highest BCUT2D eigenvalue weighted by Gasteiger charge is 2.27. The summed E-state index contributed by atoms with van der Waals surface area (Å²) < 4.78 is 25.9. The molecule has 0 bridgehead atoms. The Morgan fingerprint density at radius 3 is 1.86 bits per heavy atom. The van der Waals surface area contributed by atoms with Gasteiger partial charge in [0.2, 0.25) is 0 Å². The van der Waals surface area contributed by atoms with Crippen molar-refractivity contribution < 1.29 is 9.22 Å². The van der Waals surface area contributed by atoms with Gasteiger partial charge in [0, 0.05) is 21.4 Å². The molecule has 0 spiro atoms. The fraction of sp³-hybridized carbons (Fsp3) is 0.186. The third-order valence-electron chi connectivity index (χ3n) is 12.2. The smallest absolute Gasteiger partial charge is 0.149 e. The SMILES string of the molecule is [2H]C([2H])([2H])c1ccc(-c2ccnc(-c3cc(-c4ccccc4)cc(-c4cccc5c4nc(-c4cc(C(C)C)cc(C(C)C)c4O)n5-c4ccc(-c5ccccc5)cc4C(C)(C)C)c3)c2)cc1. The molecule has 0 saturated carbocycles. The number of phenolic OH excluding ortho intramolecular Hbond substituents is 1. The van der Waals surface area contributed by atoms with E-state index in [4.69, 9.17) is 14.1 Å². The van der Waals surface area contributed by atoms with Crippen molar-refractivity contribution in [2.45, 2.75) is 72.6 Å². The van der Waals surface area contributed by atoms with Crippen molar-refractivity contribution in [3.8, 4) is 78.6 Å². The average molecular weight is 825 g/mol. The fourth-order valence-corrected chi connectivity index (χ4v) is 8.68. The Labute approximate surface area is 376 Å². The lowest BCUT2D eigenvalue weighted by atomic mass is 9.83. The van der Waals surface area contributed by atoms with E-state index >= 15 is 0 Å². The molecule has 2 aromatic heterocycles. The Balaban J connectivity index is 1.31. The van der Waals surface area contributed by atoms with Crippen LogP contribution >= 0.6 is 0 Å². The Kier molecular flexibility index (Phi) is 9.98. The van der Waals surface area contributed by atoms with E-state index in [1.165, 1.54) is 0 Å². The maximum atomic E-state index is 12.3. The number of imidazole rings is 1. The number of aromatic hydroxyl groups is 1. The van der Waals surface area contributed by atoms with E-state index < -0.39 is 6.85 Å². The topological polar surface area (TPSA) is 50.9 Å². The molecule has 312 valence electrons. The standard InChI is InChI=1S/C59H55N3O/c1-37(2)45-33-50(38(3)4)57(63)51(34-45)58-61-56-49(20-15-21-55(56)62(58)54-27-26-43(35-52(54)59(6,7)8)40-16-11-9-12-17-40)47-30-46(41-18-13-10-14-19-41)31-48(32-47)53-36-44(28-29-60-53)42-24-22-39(5)23-25-42/h9-38,63H,1-8H3/i5D3. The summed E-state index contributed by atoms with van der Waals surface area (Å²) in [4.78, 5) is 10.5. The quantitative estimate of drug-likeness (QED) is 0.158. The lowest BCUT2D eigenvalue weighted by Gasteiger charge is -2.26. The van der Waals surface area contributed by atoms with E-state index in [1.54, 1.807) is 12.1 Å². The van der Waals surface area contributed by atoms with Crippen LogP contribution in [-0.2, 0) is 5.41 Å². The number of hydrogen-bond donors (Lipinski definition) is 1. The highest BCUT2D eigenvalue weighted by atomic mass is 16.3. The molecule has 0 aliphatic rings. The van der Waals surface area contributed by atoms with E-state index in [-0.39, 0.29) is 23.0 Å². The van der Waals surface area contributed by atoms with E-state index in [2.05, 4.69) is 174 Å². The van der Waals surface area contributed by atoms with Crippen LogP contribution in [0.25, 0.3) is 83.9 Å². The second-order valence-corrected chi connectivity index (χ2v) is 18.3. The van der Waals surface area contributed by atoms with E-state index in [9.17, 15) is 5.11 Å². The van der Waals surface area contributed by atoms with Crippen molar-refractivity contribution >= 4 is 11.0 Å². The molecule has 1 N–H and O–H groups in total. The largest absolute Gasteiger partial charge is 0.507 e. The van der Waals surface area contributed by atoms with Crippen molar-refractivity contribution in [1.82, 2.24) is 14.5 Å². The van der Waals surface area contributed by atoms with Crippen LogP contribution in [0.2, 0.25) is 0 Å². The molecule has 0 atom stereocenters.